The summed E-state index contributed by atoms with van der Waals surface area (Å²) in [4.78, 5) is 0. The van der Waals surface area contributed by atoms with Gasteiger partial charge in [-0.05, 0) is 74.0 Å². The van der Waals surface area contributed by atoms with Crippen LogP contribution in [0.5, 0.6) is 0 Å². The van der Waals surface area contributed by atoms with Crippen molar-refractivity contribution in [3.63, 3.8) is 0 Å². The van der Waals surface area contributed by atoms with Crippen LogP contribution in [0.15, 0.2) is 48.5 Å². The quantitative estimate of drug-likeness (QED) is 0.202. The zero-order chi connectivity index (χ0) is 21.6. The molecule has 0 N–H and O–H groups in total. The normalized spacial score (nSPS) is 22.8. The van der Waals surface area contributed by atoms with Crippen molar-refractivity contribution in [1.82, 2.24) is 0 Å². The van der Waals surface area contributed by atoms with Crippen LogP contribution in [0.4, 0.5) is 0 Å². The predicted molar refractivity (Wildman–Crippen MR) is 146 cm³/mol. The molecule has 0 heterocycles. The summed E-state index contributed by atoms with van der Waals surface area (Å²) in [6, 6.07) is 18.6. The second kappa shape index (κ2) is 13.4. The summed E-state index contributed by atoms with van der Waals surface area (Å²) >= 11 is 0. The first-order valence-electron chi connectivity index (χ1n) is 13.9. The van der Waals surface area contributed by atoms with Gasteiger partial charge in [0.25, 0.3) is 0 Å². The zero-order valence-corrected chi connectivity index (χ0v) is 23.4. The molecule has 2 aromatic rings. The third-order valence-electron chi connectivity index (χ3n) is 8.76. The van der Waals surface area contributed by atoms with E-state index in [0.29, 0.717) is 0 Å². The first kappa shape index (κ1) is 26.2. The molecule has 4 aliphatic carbocycles. The van der Waals surface area contributed by atoms with Crippen LogP contribution in [0.25, 0.3) is 0 Å². The van der Waals surface area contributed by atoms with E-state index in [1.807, 2.05) is 0 Å². The molecule has 0 unspecified atom stereocenters. The predicted octanol–water partition coefficient (Wildman–Crippen LogP) is 8.79. The Kier molecular flexibility index (Phi) is 10.6. The van der Waals surface area contributed by atoms with Gasteiger partial charge in [0.1, 0.15) is 0 Å². The molecular weight excluding hydrogens is 478 g/mol. The Labute approximate surface area is 216 Å². The fraction of sp³-hybridized carbons (Fsp3) is 0.667. The maximum Gasteiger partial charge on any atom is 2.00 e. The average molecular weight is 522 g/mol. The van der Waals surface area contributed by atoms with E-state index in [4.69, 9.17) is 0 Å². The van der Waals surface area contributed by atoms with Crippen LogP contribution in [0.2, 0.25) is 0 Å². The van der Waals surface area contributed by atoms with E-state index in [1.54, 1.807) is 10.6 Å². The number of rotatable bonds is 6. The molecule has 0 aromatic heterocycles. The molecule has 0 atom stereocenters. The molecule has 0 saturated heterocycles. The molecule has 33 heavy (non-hydrogen) atoms. The Hall–Kier alpha value is 0.0795. The monoisotopic (exact) mass is 522 g/mol. The minimum absolute atomic E-state index is 0. The maximum absolute atomic E-state index is 2.41. The molecule has 4 saturated carbocycles. The molecule has 0 radical (unpaired) electrons. The van der Waals surface area contributed by atoms with Crippen LogP contribution in [0, 0.1) is 0 Å². The first-order valence-corrected chi connectivity index (χ1v) is 16.9. The number of hydrogen-bond donors (Lipinski definition) is 0. The molecule has 6 rings (SSSR count). The van der Waals surface area contributed by atoms with Crippen LogP contribution in [0.3, 0.4) is 0 Å². The van der Waals surface area contributed by atoms with E-state index in [0.717, 1.165) is 22.6 Å². The fourth-order valence-electron chi connectivity index (χ4n) is 7.24. The molecule has 3 heteroatoms. The molecule has 0 bridgehead atoms. The van der Waals surface area contributed by atoms with Crippen LogP contribution in [-0.4, -0.2) is 22.6 Å². The van der Waals surface area contributed by atoms with Gasteiger partial charge in [0.2, 0.25) is 0 Å². The summed E-state index contributed by atoms with van der Waals surface area (Å²) in [6.07, 6.45) is 24.1. The molecule has 4 aliphatic rings. The maximum atomic E-state index is 2.41. The molecule has 0 spiro atoms. The molecule has 0 amide bonds. The Morgan fingerprint density at radius 2 is 0.758 bits per heavy atom. The molecular formula is C30H44FeP2. The fourth-order valence-corrected chi connectivity index (χ4v) is 14.8. The van der Waals surface area contributed by atoms with Crippen molar-refractivity contribution in [2.45, 2.75) is 125 Å². The summed E-state index contributed by atoms with van der Waals surface area (Å²) in [5, 5.41) is 3.43. The van der Waals surface area contributed by atoms with Crippen molar-refractivity contribution in [3.8, 4) is 0 Å². The largest absolute Gasteiger partial charge is 2.00 e. The van der Waals surface area contributed by atoms with Crippen molar-refractivity contribution < 1.29 is 17.1 Å². The second-order valence-corrected chi connectivity index (χ2v) is 16.4. The third-order valence-corrected chi connectivity index (χ3v) is 15.8. The van der Waals surface area contributed by atoms with Crippen molar-refractivity contribution >= 4 is 26.5 Å². The average Bonchev–Trinajstić information content (AvgIpc) is 3.67. The Bertz CT molecular complexity index is 645. The third kappa shape index (κ3) is 6.65. The van der Waals surface area contributed by atoms with Gasteiger partial charge in [-0.3, -0.25) is 0 Å². The molecule has 2 aromatic carbocycles. The first-order chi connectivity index (χ1) is 15.9. The summed E-state index contributed by atoms with van der Waals surface area (Å²) in [7, 11) is 0.358. The summed E-state index contributed by atoms with van der Waals surface area (Å²) in [6.45, 7) is 0. The Balaban J connectivity index is 0.000000152. The van der Waals surface area contributed by atoms with Gasteiger partial charge in [-0.1, -0.05) is 67.2 Å². The summed E-state index contributed by atoms with van der Waals surface area (Å²) < 4.78 is 0. The molecule has 182 valence electrons. The van der Waals surface area contributed by atoms with E-state index in [-0.39, 0.29) is 32.9 Å². The van der Waals surface area contributed by atoms with Gasteiger partial charge in [0.05, 0.1) is 0 Å². The van der Waals surface area contributed by atoms with Gasteiger partial charge in [-0.15, -0.1) is 10.6 Å². The van der Waals surface area contributed by atoms with Crippen LogP contribution < -0.4 is 10.6 Å². The van der Waals surface area contributed by atoms with Gasteiger partial charge in [-0.2, -0.15) is 24.3 Å². The molecule has 0 nitrogen and oxygen atoms in total. The van der Waals surface area contributed by atoms with E-state index in [9.17, 15) is 0 Å². The topological polar surface area (TPSA) is 0 Å². The second-order valence-electron chi connectivity index (χ2n) is 10.9. The summed E-state index contributed by atoms with van der Waals surface area (Å²) in [5.41, 5.74) is 4.28. The van der Waals surface area contributed by atoms with Crippen molar-refractivity contribution in [1.29, 1.82) is 0 Å². The van der Waals surface area contributed by atoms with Crippen molar-refractivity contribution in [3.05, 3.63) is 48.5 Å². The van der Waals surface area contributed by atoms with Gasteiger partial charge in [0.15, 0.2) is 0 Å². The van der Waals surface area contributed by atoms with Crippen LogP contribution in [-0.2, 0) is 17.1 Å². The van der Waals surface area contributed by atoms with Gasteiger partial charge in [0, 0.05) is 0 Å². The minimum Gasteiger partial charge on any atom is -0.213 e. The Morgan fingerprint density at radius 1 is 0.485 bits per heavy atom. The standard InChI is InChI=1S/2C15H22P.Fe/c2*1-2-8-13(7-1)16(14-9-3-4-10-14)15-11-5-6-12-15;/h2*1-2,7-8,14-15H,3-6,9-12H2;/q2*-1;+2. The number of hydrogen-bond acceptors (Lipinski definition) is 0. The molecule has 0 aliphatic heterocycles. The van der Waals surface area contributed by atoms with Crippen molar-refractivity contribution in [2.24, 2.45) is 0 Å². The van der Waals surface area contributed by atoms with Crippen LogP contribution >= 0.6 is 15.8 Å². The zero-order valence-electron chi connectivity index (χ0n) is 20.5. The molecule has 4 fully saturated rings. The van der Waals surface area contributed by atoms with Crippen molar-refractivity contribution in [2.75, 3.05) is 0 Å². The van der Waals surface area contributed by atoms with E-state index in [2.05, 4.69) is 48.5 Å². The van der Waals surface area contributed by atoms with E-state index in [1.165, 1.54) is 103 Å². The minimum atomic E-state index is 0. The summed E-state index contributed by atoms with van der Waals surface area (Å²) in [5.74, 6) is 0. The smallest absolute Gasteiger partial charge is 0.213 e. The SMILES string of the molecule is [Fe+2].c1c[cH-]c(P(C2CCCC2)C2CCCC2)c1.c1c[cH-]c(P(C2CCCC2)C2CCCC2)c1. The van der Waals surface area contributed by atoms with Gasteiger partial charge < -0.3 is 0 Å². The van der Waals surface area contributed by atoms with E-state index < -0.39 is 0 Å². The van der Waals surface area contributed by atoms with Gasteiger partial charge in [-0.25, -0.2) is 24.3 Å². The van der Waals surface area contributed by atoms with Crippen LogP contribution in [0.1, 0.15) is 103 Å². The van der Waals surface area contributed by atoms with E-state index >= 15 is 0 Å². The Morgan fingerprint density at radius 3 is 0.970 bits per heavy atom. The van der Waals surface area contributed by atoms with Gasteiger partial charge >= 0.3 is 17.1 Å².